The highest BCUT2D eigenvalue weighted by atomic mass is 35.5. The number of alkyl halides is 4. The zero-order valence-electron chi connectivity index (χ0n) is 11.8. The summed E-state index contributed by atoms with van der Waals surface area (Å²) in [5.41, 5.74) is -1.79. The average Bonchev–Trinajstić information content (AvgIpc) is 3.04. The molecule has 1 aromatic heterocycles. The van der Waals surface area contributed by atoms with Crippen molar-refractivity contribution in [3.05, 3.63) is 16.4 Å². The molecule has 1 N–H and O–H groups in total. The first-order chi connectivity index (χ1) is 10.3. The Labute approximate surface area is 129 Å². The minimum atomic E-state index is -3.10. The number of hydrogen-bond acceptors (Lipinski definition) is 2. The molecule has 2 rings (SSSR count). The van der Waals surface area contributed by atoms with Gasteiger partial charge in [-0.05, 0) is 19.8 Å². The molecule has 4 nitrogen and oxygen atoms in total. The monoisotopic (exact) mass is 341 g/mol. The van der Waals surface area contributed by atoms with Crippen molar-refractivity contribution in [2.45, 2.75) is 57.5 Å². The molecule has 22 heavy (non-hydrogen) atoms. The van der Waals surface area contributed by atoms with Gasteiger partial charge in [0.2, 0.25) is 5.91 Å². The minimum absolute atomic E-state index is 0.00875. The van der Waals surface area contributed by atoms with Crippen LogP contribution >= 0.6 is 11.6 Å². The Morgan fingerprint density at radius 3 is 2.36 bits per heavy atom. The standard InChI is InChI=1S/C13H16ClF4N3O/c1-6(13(22)19-7-4-2-3-5-7)21-10(12(17)18)8(14)9(20-21)11(15)16/h6-7,11-12H,2-5H2,1H3,(H,19,22). The number of rotatable bonds is 5. The van der Waals surface area contributed by atoms with Gasteiger partial charge in [-0.2, -0.15) is 5.10 Å². The maximum atomic E-state index is 13.1. The van der Waals surface area contributed by atoms with E-state index in [1.54, 1.807) is 0 Å². The third-order valence-electron chi connectivity index (χ3n) is 3.77. The molecule has 1 aliphatic carbocycles. The van der Waals surface area contributed by atoms with E-state index in [2.05, 4.69) is 10.4 Å². The number of aromatic nitrogens is 2. The smallest absolute Gasteiger partial charge is 0.283 e. The van der Waals surface area contributed by atoms with Crippen LogP contribution in [0.4, 0.5) is 17.6 Å². The maximum absolute atomic E-state index is 13.1. The van der Waals surface area contributed by atoms with Gasteiger partial charge in [0.15, 0.2) is 0 Å². The zero-order valence-corrected chi connectivity index (χ0v) is 12.6. The zero-order chi connectivity index (χ0) is 16.4. The summed E-state index contributed by atoms with van der Waals surface area (Å²) < 4.78 is 52.3. The van der Waals surface area contributed by atoms with Gasteiger partial charge in [-0.3, -0.25) is 4.79 Å². The predicted octanol–water partition coefficient (Wildman–Crippen LogP) is 4.03. The lowest BCUT2D eigenvalue weighted by Gasteiger charge is -2.18. The first kappa shape index (κ1) is 17.1. The molecule has 1 heterocycles. The summed E-state index contributed by atoms with van der Waals surface area (Å²) in [6, 6.07) is -1.15. The molecule has 0 radical (unpaired) electrons. The fourth-order valence-corrected chi connectivity index (χ4v) is 2.87. The number of hydrogen-bond donors (Lipinski definition) is 1. The van der Waals surface area contributed by atoms with E-state index in [1.807, 2.05) is 0 Å². The summed E-state index contributed by atoms with van der Waals surface area (Å²) in [6.07, 6.45) is -2.56. The summed E-state index contributed by atoms with van der Waals surface area (Å²) in [7, 11) is 0. The van der Waals surface area contributed by atoms with Gasteiger partial charge >= 0.3 is 0 Å². The number of nitrogens with zero attached hydrogens (tertiary/aromatic N) is 2. The third kappa shape index (κ3) is 3.37. The largest absolute Gasteiger partial charge is 0.352 e. The number of nitrogens with one attached hydrogen (secondary N) is 1. The second kappa shape index (κ2) is 6.85. The van der Waals surface area contributed by atoms with Crippen LogP contribution in [0, 0.1) is 0 Å². The van der Waals surface area contributed by atoms with Crippen molar-refractivity contribution in [2.24, 2.45) is 0 Å². The second-order valence-corrected chi connectivity index (χ2v) is 5.67. The van der Waals surface area contributed by atoms with E-state index in [9.17, 15) is 22.4 Å². The highest BCUT2D eigenvalue weighted by Crippen LogP contribution is 2.36. The van der Waals surface area contributed by atoms with Crippen LogP contribution in [0.1, 0.15) is 62.9 Å². The third-order valence-corrected chi connectivity index (χ3v) is 4.16. The van der Waals surface area contributed by atoms with Gasteiger partial charge in [-0.1, -0.05) is 24.4 Å². The van der Waals surface area contributed by atoms with Gasteiger partial charge in [0.1, 0.15) is 17.4 Å². The molecule has 1 saturated carbocycles. The van der Waals surface area contributed by atoms with Crippen LogP contribution in [0.25, 0.3) is 0 Å². The Balaban J connectivity index is 2.25. The van der Waals surface area contributed by atoms with E-state index >= 15 is 0 Å². The van der Waals surface area contributed by atoms with Crippen molar-refractivity contribution < 1.29 is 22.4 Å². The van der Waals surface area contributed by atoms with Crippen LogP contribution in [0.15, 0.2) is 0 Å². The van der Waals surface area contributed by atoms with Crippen molar-refractivity contribution in [2.75, 3.05) is 0 Å². The van der Waals surface area contributed by atoms with E-state index in [0.717, 1.165) is 25.7 Å². The number of carbonyl (C=O) groups excluding carboxylic acids is 1. The summed E-state index contributed by atoms with van der Waals surface area (Å²) in [5.74, 6) is -0.534. The number of halogens is 5. The lowest BCUT2D eigenvalue weighted by Crippen LogP contribution is -2.38. The van der Waals surface area contributed by atoms with Gasteiger partial charge in [0.25, 0.3) is 12.9 Å². The summed E-state index contributed by atoms with van der Waals surface area (Å²) in [5, 5.41) is 5.36. The van der Waals surface area contributed by atoms with Crippen LogP contribution in [0.2, 0.25) is 5.02 Å². The predicted molar refractivity (Wildman–Crippen MR) is 72.3 cm³/mol. The molecule has 0 aromatic carbocycles. The Morgan fingerprint density at radius 2 is 1.86 bits per heavy atom. The first-order valence-electron chi connectivity index (χ1n) is 6.97. The Morgan fingerprint density at radius 1 is 1.27 bits per heavy atom. The van der Waals surface area contributed by atoms with Crippen molar-refractivity contribution in [3.63, 3.8) is 0 Å². The van der Waals surface area contributed by atoms with E-state index in [1.165, 1.54) is 6.92 Å². The summed E-state index contributed by atoms with van der Waals surface area (Å²) >= 11 is 5.56. The van der Waals surface area contributed by atoms with Crippen molar-refractivity contribution in [3.8, 4) is 0 Å². The normalized spacial score (nSPS) is 17.5. The van der Waals surface area contributed by atoms with E-state index in [-0.39, 0.29) is 6.04 Å². The molecule has 0 aliphatic heterocycles. The summed E-state index contributed by atoms with van der Waals surface area (Å²) in [4.78, 5) is 12.1. The lowest BCUT2D eigenvalue weighted by molar-refractivity contribution is -0.125. The van der Waals surface area contributed by atoms with Crippen LogP contribution in [-0.4, -0.2) is 21.7 Å². The van der Waals surface area contributed by atoms with Gasteiger partial charge in [-0.15, -0.1) is 0 Å². The lowest BCUT2D eigenvalue weighted by atomic mass is 10.2. The highest BCUT2D eigenvalue weighted by molar-refractivity contribution is 6.32. The van der Waals surface area contributed by atoms with Crippen molar-refractivity contribution in [1.29, 1.82) is 0 Å². The molecule has 0 bridgehead atoms. The molecule has 0 spiro atoms. The molecule has 1 aromatic rings. The number of carbonyl (C=O) groups is 1. The average molecular weight is 342 g/mol. The fraction of sp³-hybridized carbons (Fsp3) is 0.692. The van der Waals surface area contributed by atoms with Crippen molar-refractivity contribution >= 4 is 17.5 Å². The molecule has 0 saturated heterocycles. The van der Waals surface area contributed by atoms with Gasteiger partial charge in [0, 0.05) is 6.04 Å². The molecular weight excluding hydrogens is 326 g/mol. The molecule has 1 aliphatic rings. The van der Waals surface area contributed by atoms with Crippen LogP contribution in [0.3, 0.4) is 0 Å². The van der Waals surface area contributed by atoms with Gasteiger partial charge < -0.3 is 5.32 Å². The Kier molecular flexibility index (Phi) is 5.31. The maximum Gasteiger partial charge on any atom is 0.283 e. The molecule has 1 atom stereocenters. The number of amides is 1. The highest BCUT2D eigenvalue weighted by Gasteiger charge is 2.32. The molecule has 1 amide bonds. The molecule has 124 valence electrons. The fourth-order valence-electron chi connectivity index (χ4n) is 2.58. The topological polar surface area (TPSA) is 46.9 Å². The Bertz CT molecular complexity index is 544. The molecule has 1 fully saturated rings. The first-order valence-corrected chi connectivity index (χ1v) is 7.35. The molecule has 1 unspecified atom stereocenters. The SMILES string of the molecule is CC(C(=O)NC1CCCC1)n1nc(C(F)F)c(Cl)c1C(F)F. The van der Waals surface area contributed by atoms with Crippen LogP contribution < -0.4 is 5.32 Å². The second-order valence-electron chi connectivity index (χ2n) is 5.30. The quantitative estimate of drug-likeness (QED) is 0.822. The van der Waals surface area contributed by atoms with Crippen LogP contribution in [0.5, 0.6) is 0 Å². The van der Waals surface area contributed by atoms with Crippen molar-refractivity contribution in [1.82, 2.24) is 15.1 Å². The van der Waals surface area contributed by atoms with Crippen LogP contribution in [-0.2, 0) is 4.79 Å². The van der Waals surface area contributed by atoms with E-state index in [0.29, 0.717) is 4.68 Å². The van der Waals surface area contributed by atoms with Gasteiger partial charge in [-0.25, -0.2) is 22.2 Å². The van der Waals surface area contributed by atoms with E-state index in [4.69, 9.17) is 11.6 Å². The van der Waals surface area contributed by atoms with Gasteiger partial charge in [0.05, 0.1) is 5.02 Å². The van der Waals surface area contributed by atoms with E-state index < -0.39 is 41.2 Å². The summed E-state index contributed by atoms with van der Waals surface area (Å²) in [6.45, 7) is 1.33. The minimum Gasteiger partial charge on any atom is -0.352 e. The molecular formula is C13H16ClF4N3O. The Hall–Kier alpha value is -1.31. The molecule has 9 heteroatoms.